The Morgan fingerprint density at radius 3 is 3.00 bits per heavy atom. The van der Waals surface area contributed by atoms with Gasteiger partial charge in [-0.15, -0.1) is 0 Å². The van der Waals surface area contributed by atoms with Gasteiger partial charge < -0.3 is 9.32 Å². The molecular formula is C16H15FN2OS. The van der Waals surface area contributed by atoms with E-state index in [-0.39, 0.29) is 5.82 Å². The first-order chi connectivity index (χ1) is 10.2. The topological polar surface area (TPSA) is 28.7 Å². The van der Waals surface area contributed by atoms with E-state index in [2.05, 4.69) is 23.7 Å². The molecule has 108 valence electrons. The van der Waals surface area contributed by atoms with Crippen LogP contribution >= 0.6 is 11.8 Å². The van der Waals surface area contributed by atoms with E-state index in [1.165, 1.54) is 11.0 Å². The van der Waals surface area contributed by atoms with Gasteiger partial charge in [-0.3, -0.25) is 4.99 Å². The van der Waals surface area contributed by atoms with Gasteiger partial charge in [0.15, 0.2) is 5.17 Å². The van der Waals surface area contributed by atoms with Crippen molar-refractivity contribution in [2.75, 3.05) is 13.1 Å². The second kappa shape index (κ2) is 4.63. The Morgan fingerprint density at radius 1 is 1.33 bits per heavy atom. The van der Waals surface area contributed by atoms with Crippen molar-refractivity contribution in [2.45, 2.75) is 13.8 Å². The van der Waals surface area contributed by atoms with Gasteiger partial charge in [0, 0.05) is 17.0 Å². The highest BCUT2D eigenvalue weighted by atomic mass is 32.2. The zero-order valence-electron chi connectivity index (χ0n) is 11.9. The van der Waals surface area contributed by atoms with E-state index in [0.29, 0.717) is 16.9 Å². The third-order valence-electron chi connectivity index (χ3n) is 3.85. The van der Waals surface area contributed by atoms with Crippen LogP contribution in [0, 0.1) is 11.7 Å². The first-order valence-corrected chi connectivity index (χ1v) is 7.88. The normalized spacial score (nSPS) is 18.1. The van der Waals surface area contributed by atoms with Gasteiger partial charge in [-0.25, -0.2) is 4.39 Å². The first kappa shape index (κ1) is 13.0. The molecule has 0 N–H and O–H groups in total. The highest BCUT2D eigenvalue weighted by Crippen LogP contribution is 2.46. The largest absolute Gasteiger partial charge is 0.464 e. The van der Waals surface area contributed by atoms with Crippen LogP contribution in [0.3, 0.4) is 0 Å². The van der Waals surface area contributed by atoms with Crippen LogP contribution in [0.25, 0.3) is 16.7 Å². The molecule has 0 atom stereocenters. The van der Waals surface area contributed by atoms with E-state index in [4.69, 9.17) is 4.42 Å². The number of hydrogen-bond acceptors (Lipinski definition) is 4. The fourth-order valence-electron chi connectivity index (χ4n) is 2.88. The molecule has 0 unspecified atom stereocenters. The van der Waals surface area contributed by atoms with E-state index < -0.39 is 0 Å². The number of aliphatic imine (C=N–C) groups is 1. The lowest BCUT2D eigenvalue weighted by molar-refractivity contribution is 0.602. The first-order valence-electron chi connectivity index (χ1n) is 7.07. The Hall–Kier alpha value is -1.75. The maximum atomic E-state index is 13.9. The number of nitrogens with zero attached hydrogens (tertiary/aromatic N) is 2. The zero-order valence-corrected chi connectivity index (χ0v) is 12.7. The Balaban J connectivity index is 1.97. The fourth-order valence-corrected chi connectivity index (χ4v) is 4.08. The summed E-state index contributed by atoms with van der Waals surface area (Å²) in [6, 6.07) is 5.03. The molecule has 0 radical (unpaired) electrons. The van der Waals surface area contributed by atoms with Crippen LogP contribution < -0.4 is 0 Å². The quantitative estimate of drug-likeness (QED) is 0.827. The molecule has 0 aliphatic carbocycles. The Labute approximate surface area is 126 Å². The predicted octanol–water partition coefficient (Wildman–Crippen LogP) is 4.31. The number of hydrogen-bond donors (Lipinski definition) is 0. The number of allylic oxidation sites excluding steroid dienone is 1. The smallest absolute Gasteiger partial charge is 0.168 e. The summed E-state index contributed by atoms with van der Waals surface area (Å²) in [5.74, 6) is 0.156. The van der Waals surface area contributed by atoms with Crippen LogP contribution in [0.4, 0.5) is 4.39 Å². The van der Waals surface area contributed by atoms with E-state index in [0.717, 1.165) is 29.5 Å². The monoisotopic (exact) mass is 302 g/mol. The van der Waals surface area contributed by atoms with E-state index in [9.17, 15) is 4.39 Å². The van der Waals surface area contributed by atoms with Crippen molar-refractivity contribution in [1.82, 2.24) is 4.90 Å². The third kappa shape index (κ3) is 1.83. The molecule has 0 bridgehead atoms. The molecular weight excluding hydrogens is 287 g/mol. The van der Waals surface area contributed by atoms with Gasteiger partial charge in [-0.2, -0.15) is 0 Å². The molecule has 3 nitrogen and oxygen atoms in total. The molecule has 0 saturated carbocycles. The minimum absolute atomic E-state index is 0.241. The summed E-state index contributed by atoms with van der Waals surface area (Å²) in [6.07, 6.45) is 1.55. The number of benzene rings is 1. The number of rotatable bonds is 2. The van der Waals surface area contributed by atoms with Gasteiger partial charge in [0.25, 0.3) is 0 Å². The van der Waals surface area contributed by atoms with Gasteiger partial charge >= 0.3 is 0 Å². The van der Waals surface area contributed by atoms with Gasteiger partial charge in [0.1, 0.15) is 11.4 Å². The van der Waals surface area contributed by atoms with Crippen molar-refractivity contribution >= 4 is 33.6 Å². The highest BCUT2D eigenvalue weighted by molar-refractivity contribution is 8.17. The summed E-state index contributed by atoms with van der Waals surface area (Å²) in [6.45, 7) is 6.05. The molecule has 1 aromatic heterocycles. The molecule has 0 amide bonds. The molecule has 5 heteroatoms. The van der Waals surface area contributed by atoms with Crippen LogP contribution in [-0.2, 0) is 0 Å². The summed E-state index contributed by atoms with van der Waals surface area (Å²) in [4.78, 5) is 8.06. The number of amidine groups is 1. The molecule has 3 heterocycles. The van der Waals surface area contributed by atoms with E-state index >= 15 is 0 Å². The fraction of sp³-hybridized carbons (Fsp3) is 0.312. The second-order valence-corrected chi connectivity index (χ2v) is 6.55. The van der Waals surface area contributed by atoms with Crippen molar-refractivity contribution in [3.05, 3.63) is 40.7 Å². The summed E-state index contributed by atoms with van der Waals surface area (Å²) >= 11 is 1.73. The Bertz CT molecular complexity index is 791. The Kier molecular flexibility index (Phi) is 2.85. The molecule has 2 aliphatic heterocycles. The second-order valence-electron chi connectivity index (χ2n) is 5.54. The molecule has 21 heavy (non-hydrogen) atoms. The van der Waals surface area contributed by atoms with Crippen LogP contribution in [-0.4, -0.2) is 23.2 Å². The average molecular weight is 302 g/mol. The molecule has 1 aromatic carbocycles. The van der Waals surface area contributed by atoms with Crippen LogP contribution in [0.2, 0.25) is 0 Å². The van der Waals surface area contributed by atoms with Gasteiger partial charge in [-0.05, 0) is 24.1 Å². The highest BCUT2D eigenvalue weighted by Gasteiger charge is 2.35. The van der Waals surface area contributed by atoms with E-state index in [1.807, 2.05) is 6.07 Å². The summed E-state index contributed by atoms with van der Waals surface area (Å²) in [5, 5.41) is 1.59. The summed E-state index contributed by atoms with van der Waals surface area (Å²) in [5.41, 5.74) is 2.71. The minimum atomic E-state index is -0.241. The van der Waals surface area contributed by atoms with Crippen molar-refractivity contribution in [3.8, 4) is 0 Å². The van der Waals surface area contributed by atoms with Crippen LogP contribution in [0.1, 0.15) is 19.4 Å². The molecule has 2 aliphatic rings. The SMILES string of the molecule is CC(C)C1=C(c2ccc(F)c3ccoc23)N2CCN=C2S1. The van der Waals surface area contributed by atoms with Crippen molar-refractivity contribution < 1.29 is 8.81 Å². The molecule has 0 saturated heterocycles. The lowest BCUT2D eigenvalue weighted by Gasteiger charge is -2.18. The third-order valence-corrected chi connectivity index (χ3v) is 5.27. The van der Waals surface area contributed by atoms with Gasteiger partial charge in [0.2, 0.25) is 0 Å². The van der Waals surface area contributed by atoms with Gasteiger partial charge in [0.05, 0.1) is 23.9 Å². The lowest BCUT2D eigenvalue weighted by atomic mass is 10.0. The molecule has 2 aromatic rings. The minimum Gasteiger partial charge on any atom is -0.464 e. The van der Waals surface area contributed by atoms with Crippen molar-refractivity contribution in [3.63, 3.8) is 0 Å². The predicted molar refractivity (Wildman–Crippen MR) is 84.5 cm³/mol. The van der Waals surface area contributed by atoms with Crippen LogP contribution in [0.15, 0.2) is 38.8 Å². The van der Waals surface area contributed by atoms with Gasteiger partial charge in [-0.1, -0.05) is 25.6 Å². The van der Waals surface area contributed by atoms with Crippen LogP contribution in [0.5, 0.6) is 0 Å². The molecule has 4 rings (SSSR count). The zero-order chi connectivity index (χ0) is 14.6. The van der Waals surface area contributed by atoms with Crippen molar-refractivity contribution in [1.29, 1.82) is 0 Å². The molecule has 0 fully saturated rings. The summed E-state index contributed by atoms with van der Waals surface area (Å²) in [7, 11) is 0. The maximum absolute atomic E-state index is 13.9. The lowest BCUT2D eigenvalue weighted by Crippen LogP contribution is -2.20. The number of halogens is 1. The summed E-state index contributed by atoms with van der Waals surface area (Å²) < 4.78 is 19.5. The Morgan fingerprint density at radius 2 is 2.19 bits per heavy atom. The number of furan rings is 1. The number of thioether (sulfide) groups is 1. The average Bonchev–Trinajstić information content (AvgIpc) is 3.13. The van der Waals surface area contributed by atoms with E-state index in [1.54, 1.807) is 24.1 Å². The number of fused-ring (bicyclic) bond motifs is 2. The van der Waals surface area contributed by atoms with Crippen molar-refractivity contribution in [2.24, 2.45) is 10.9 Å². The molecule has 0 spiro atoms. The maximum Gasteiger partial charge on any atom is 0.168 e. The standard InChI is InChI=1S/C16H15FN2OS/c1-9(2)15-13(19-7-6-18-16(19)21-15)11-3-4-12(17)10-5-8-20-14(10)11/h3-5,8-9H,6-7H2,1-2H3.